The van der Waals surface area contributed by atoms with Crippen molar-refractivity contribution >= 4 is 5.97 Å². The second kappa shape index (κ2) is 7.73. The van der Waals surface area contributed by atoms with Gasteiger partial charge in [-0.15, -0.1) is 0 Å². The van der Waals surface area contributed by atoms with Crippen LogP contribution in [-0.4, -0.2) is 18.2 Å². The predicted octanol–water partition coefficient (Wildman–Crippen LogP) is 4.38. The summed E-state index contributed by atoms with van der Waals surface area (Å²) in [5, 5.41) is 0. The van der Waals surface area contributed by atoms with Gasteiger partial charge in [-0.2, -0.15) is 0 Å². The number of ether oxygens (including phenoxy) is 2. The van der Waals surface area contributed by atoms with Gasteiger partial charge in [-0.3, -0.25) is 0 Å². The van der Waals surface area contributed by atoms with Crippen LogP contribution in [0.25, 0.3) is 0 Å². The van der Waals surface area contributed by atoms with Gasteiger partial charge >= 0.3 is 5.97 Å². The van der Waals surface area contributed by atoms with Crippen LogP contribution in [0.2, 0.25) is 0 Å². The molecule has 0 aromatic heterocycles. The van der Waals surface area contributed by atoms with Gasteiger partial charge < -0.3 is 9.47 Å². The standard InChI is InChI=1S/C17H24O3/c1-5-7-8-13-19-16(18)14-9-11-15(12-10-14)20-17(3,4)6-2/h6,9-12H,2,5,7-8,13H2,1,3-4H3. The van der Waals surface area contributed by atoms with Crippen molar-refractivity contribution in [3.05, 3.63) is 42.5 Å². The van der Waals surface area contributed by atoms with E-state index < -0.39 is 5.60 Å². The first-order chi connectivity index (χ1) is 9.48. The van der Waals surface area contributed by atoms with Crippen LogP contribution >= 0.6 is 0 Å². The Kier molecular flexibility index (Phi) is 6.29. The molecule has 0 bridgehead atoms. The van der Waals surface area contributed by atoms with Crippen molar-refractivity contribution < 1.29 is 14.3 Å². The van der Waals surface area contributed by atoms with Gasteiger partial charge in [0.15, 0.2) is 0 Å². The van der Waals surface area contributed by atoms with Crippen molar-refractivity contribution in [2.24, 2.45) is 0 Å². The Morgan fingerprint density at radius 2 is 1.90 bits per heavy atom. The molecule has 1 rings (SSSR count). The number of carbonyl (C=O) groups is 1. The summed E-state index contributed by atoms with van der Waals surface area (Å²) in [7, 11) is 0. The molecule has 1 aromatic carbocycles. The molecule has 0 heterocycles. The number of rotatable bonds is 8. The first kappa shape index (κ1) is 16.3. The molecule has 3 nitrogen and oxygen atoms in total. The highest BCUT2D eigenvalue weighted by atomic mass is 16.5. The van der Waals surface area contributed by atoms with Crippen molar-refractivity contribution in [3.8, 4) is 5.75 Å². The highest BCUT2D eigenvalue weighted by Crippen LogP contribution is 2.20. The average molecular weight is 276 g/mol. The molecule has 20 heavy (non-hydrogen) atoms. The lowest BCUT2D eigenvalue weighted by Gasteiger charge is -2.22. The van der Waals surface area contributed by atoms with Gasteiger partial charge in [-0.1, -0.05) is 26.3 Å². The zero-order valence-electron chi connectivity index (χ0n) is 12.6. The SMILES string of the molecule is C=CC(C)(C)Oc1ccc(C(=O)OCCCCC)cc1. The molecule has 0 N–H and O–H groups in total. The Hall–Kier alpha value is -1.77. The van der Waals surface area contributed by atoms with Crippen molar-refractivity contribution in [3.63, 3.8) is 0 Å². The minimum Gasteiger partial charge on any atom is -0.484 e. The first-order valence-corrected chi connectivity index (χ1v) is 7.08. The fraction of sp³-hybridized carbons (Fsp3) is 0.471. The largest absolute Gasteiger partial charge is 0.484 e. The van der Waals surface area contributed by atoms with Crippen molar-refractivity contribution in [2.75, 3.05) is 6.61 Å². The van der Waals surface area contributed by atoms with Gasteiger partial charge in [0.1, 0.15) is 11.4 Å². The van der Waals surface area contributed by atoms with Gasteiger partial charge in [0.25, 0.3) is 0 Å². The molecule has 0 spiro atoms. The lowest BCUT2D eigenvalue weighted by Crippen LogP contribution is -2.24. The summed E-state index contributed by atoms with van der Waals surface area (Å²) in [6, 6.07) is 6.98. The van der Waals surface area contributed by atoms with Crippen LogP contribution in [0.1, 0.15) is 50.4 Å². The Morgan fingerprint density at radius 3 is 2.45 bits per heavy atom. The lowest BCUT2D eigenvalue weighted by molar-refractivity contribution is 0.0498. The zero-order chi connectivity index (χ0) is 15.0. The molecule has 1 aromatic rings. The van der Waals surface area contributed by atoms with Crippen LogP contribution in [0.4, 0.5) is 0 Å². The number of unbranched alkanes of at least 4 members (excludes halogenated alkanes) is 2. The Labute approximate surface area is 121 Å². The van der Waals surface area contributed by atoms with E-state index in [0.717, 1.165) is 19.3 Å². The topological polar surface area (TPSA) is 35.5 Å². The van der Waals surface area contributed by atoms with E-state index in [2.05, 4.69) is 13.5 Å². The Bertz CT molecular complexity index is 432. The smallest absolute Gasteiger partial charge is 0.338 e. The normalized spacial score (nSPS) is 10.9. The number of hydrogen-bond acceptors (Lipinski definition) is 3. The summed E-state index contributed by atoms with van der Waals surface area (Å²) < 4.78 is 10.9. The van der Waals surface area contributed by atoms with E-state index in [-0.39, 0.29) is 5.97 Å². The first-order valence-electron chi connectivity index (χ1n) is 7.08. The maximum Gasteiger partial charge on any atom is 0.338 e. The van der Waals surface area contributed by atoms with Crippen LogP contribution < -0.4 is 4.74 Å². The fourth-order valence-corrected chi connectivity index (χ4v) is 1.60. The molecule has 0 aliphatic carbocycles. The van der Waals surface area contributed by atoms with E-state index in [0.29, 0.717) is 17.9 Å². The fourth-order valence-electron chi connectivity index (χ4n) is 1.60. The predicted molar refractivity (Wildman–Crippen MR) is 81.2 cm³/mol. The number of esters is 1. The van der Waals surface area contributed by atoms with E-state index in [4.69, 9.17) is 9.47 Å². The van der Waals surface area contributed by atoms with E-state index in [1.165, 1.54) is 0 Å². The van der Waals surface area contributed by atoms with Gasteiger partial charge in [-0.25, -0.2) is 4.79 Å². The van der Waals surface area contributed by atoms with Gasteiger partial charge in [0, 0.05) is 0 Å². The molecule has 0 unspecified atom stereocenters. The lowest BCUT2D eigenvalue weighted by atomic mass is 10.1. The quantitative estimate of drug-likeness (QED) is 0.401. The van der Waals surface area contributed by atoms with Crippen LogP contribution in [0, 0.1) is 0 Å². The van der Waals surface area contributed by atoms with Crippen LogP contribution in [0.5, 0.6) is 5.75 Å². The summed E-state index contributed by atoms with van der Waals surface area (Å²) in [4.78, 5) is 11.8. The van der Waals surface area contributed by atoms with Gasteiger partial charge in [0.2, 0.25) is 0 Å². The molecule has 0 atom stereocenters. The molecule has 3 heteroatoms. The molecular formula is C17H24O3. The minimum absolute atomic E-state index is 0.282. The summed E-state index contributed by atoms with van der Waals surface area (Å²) in [5.41, 5.74) is 0.118. The van der Waals surface area contributed by atoms with Crippen LogP contribution in [-0.2, 0) is 4.74 Å². The van der Waals surface area contributed by atoms with Crippen LogP contribution in [0.15, 0.2) is 36.9 Å². The molecule has 0 saturated heterocycles. The Balaban J connectivity index is 2.53. The summed E-state index contributed by atoms with van der Waals surface area (Å²) in [6.07, 6.45) is 4.85. The van der Waals surface area contributed by atoms with E-state index in [9.17, 15) is 4.79 Å². The maximum absolute atomic E-state index is 11.8. The molecule has 0 radical (unpaired) electrons. The van der Waals surface area contributed by atoms with Crippen LogP contribution in [0.3, 0.4) is 0 Å². The summed E-state index contributed by atoms with van der Waals surface area (Å²) in [6.45, 7) is 10.2. The molecule has 0 aliphatic rings. The highest BCUT2D eigenvalue weighted by molar-refractivity contribution is 5.89. The number of benzene rings is 1. The van der Waals surface area contributed by atoms with Crippen molar-refractivity contribution in [2.45, 2.75) is 45.6 Å². The minimum atomic E-state index is -0.428. The van der Waals surface area contributed by atoms with E-state index in [1.54, 1.807) is 30.3 Å². The number of hydrogen-bond donors (Lipinski definition) is 0. The zero-order valence-corrected chi connectivity index (χ0v) is 12.6. The molecular weight excluding hydrogens is 252 g/mol. The monoisotopic (exact) mass is 276 g/mol. The second-order valence-corrected chi connectivity index (χ2v) is 5.28. The van der Waals surface area contributed by atoms with Crippen molar-refractivity contribution in [1.29, 1.82) is 0 Å². The number of carbonyl (C=O) groups excluding carboxylic acids is 1. The molecule has 0 aliphatic heterocycles. The molecule has 110 valence electrons. The molecule has 0 amide bonds. The molecule has 0 fully saturated rings. The van der Waals surface area contributed by atoms with E-state index in [1.807, 2.05) is 13.8 Å². The van der Waals surface area contributed by atoms with E-state index >= 15 is 0 Å². The third kappa shape index (κ3) is 5.47. The third-order valence-corrected chi connectivity index (χ3v) is 2.94. The maximum atomic E-state index is 11.8. The molecule has 0 saturated carbocycles. The summed E-state index contributed by atoms with van der Waals surface area (Å²) >= 11 is 0. The van der Waals surface area contributed by atoms with Crippen molar-refractivity contribution in [1.82, 2.24) is 0 Å². The third-order valence-electron chi connectivity index (χ3n) is 2.94. The van der Waals surface area contributed by atoms with Gasteiger partial charge in [0.05, 0.1) is 12.2 Å². The van der Waals surface area contributed by atoms with Gasteiger partial charge in [-0.05, 0) is 50.6 Å². The Morgan fingerprint density at radius 1 is 1.25 bits per heavy atom. The highest BCUT2D eigenvalue weighted by Gasteiger charge is 2.15. The second-order valence-electron chi connectivity index (χ2n) is 5.28. The summed E-state index contributed by atoms with van der Waals surface area (Å²) in [5.74, 6) is 0.424. The average Bonchev–Trinajstić information content (AvgIpc) is 2.44.